The normalized spacial score (nSPS) is 15.0. The van der Waals surface area contributed by atoms with Crippen LogP contribution in [0, 0.1) is 5.92 Å². The smallest absolute Gasteiger partial charge is 0.226 e. The molecular formula is C20H22N2O3. The standard InChI is InChI=1S/C20H22N2O3/c1-25-18-6-2-4-15(12-18)13-19(23)22-10-7-16(8-11-22)20(24)17-5-3-9-21-14-17/h2-6,9,12,14,16H,7-8,10-11,13H2,1H3. The number of benzene rings is 1. The first kappa shape index (κ1) is 17.1. The van der Waals surface area contributed by atoms with E-state index in [0.29, 0.717) is 37.9 Å². The molecule has 0 atom stereocenters. The molecule has 1 aliphatic rings. The van der Waals surface area contributed by atoms with Crippen molar-refractivity contribution in [2.45, 2.75) is 19.3 Å². The van der Waals surface area contributed by atoms with E-state index in [1.807, 2.05) is 29.2 Å². The molecule has 1 aromatic heterocycles. The number of methoxy groups -OCH3 is 1. The van der Waals surface area contributed by atoms with Gasteiger partial charge in [0.1, 0.15) is 5.75 Å². The molecule has 0 unspecified atom stereocenters. The minimum Gasteiger partial charge on any atom is -0.497 e. The highest BCUT2D eigenvalue weighted by atomic mass is 16.5. The molecule has 1 saturated heterocycles. The zero-order valence-corrected chi connectivity index (χ0v) is 14.4. The fraction of sp³-hybridized carbons (Fsp3) is 0.350. The number of carbonyl (C=O) groups excluding carboxylic acids is 2. The van der Waals surface area contributed by atoms with E-state index in [1.165, 1.54) is 0 Å². The van der Waals surface area contributed by atoms with Gasteiger partial charge in [-0.15, -0.1) is 0 Å². The number of carbonyl (C=O) groups is 2. The van der Waals surface area contributed by atoms with Gasteiger partial charge in [0.25, 0.3) is 0 Å². The summed E-state index contributed by atoms with van der Waals surface area (Å²) in [6.07, 6.45) is 5.05. The largest absolute Gasteiger partial charge is 0.497 e. The lowest BCUT2D eigenvalue weighted by Crippen LogP contribution is -2.41. The van der Waals surface area contributed by atoms with Crippen LogP contribution in [0.5, 0.6) is 5.75 Å². The Hall–Kier alpha value is -2.69. The van der Waals surface area contributed by atoms with Crippen LogP contribution < -0.4 is 4.74 Å². The Morgan fingerprint density at radius 3 is 2.68 bits per heavy atom. The highest BCUT2D eigenvalue weighted by Gasteiger charge is 2.28. The van der Waals surface area contributed by atoms with Crippen LogP contribution in [0.1, 0.15) is 28.8 Å². The van der Waals surface area contributed by atoms with Gasteiger partial charge in [-0.1, -0.05) is 12.1 Å². The lowest BCUT2D eigenvalue weighted by Gasteiger charge is -2.31. The molecule has 2 heterocycles. The Bertz CT molecular complexity index is 738. The van der Waals surface area contributed by atoms with Crippen molar-refractivity contribution < 1.29 is 14.3 Å². The Morgan fingerprint density at radius 1 is 1.20 bits per heavy atom. The Balaban J connectivity index is 1.55. The number of hydrogen-bond acceptors (Lipinski definition) is 4. The molecule has 0 bridgehead atoms. The Labute approximate surface area is 147 Å². The van der Waals surface area contributed by atoms with Crippen molar-refractivity contribution in [3.05, 3.63) is 59.9 Å². The molecule has 2 aromatic rings. The van der Waals surface area contributed by atoms with E-state index in [4.69, 9.17) is 4.74 Å². The van der Waals surface area contributed by atoms with E-state index in [0.717, 1.165) is 11.3 Å². The quantitative estimate of drug-likeness (QED) is 0.787. The summed E-state index contributed by atoms with van der Waals surface area (Å²) in [5, 5.41) is 0. The summed E-state index contributed by atoms with van der Waals surface area (Å²) in [6, 6.07) is 11.1. The summed E-state index contributed by atoms with van der Waals surface area (Å²) < 4.78 is 5.20. The van der Waals surface area contributed by atoms with Gasteiger partial charge in [0.05, 0.1) is 13.5 Å². The van der Waals surface area contributed by atoms with Crippen LogP contribution in [-0.2, 0) is 11.2 Å². The predicted octanol–water partition coefficient (Wildman–Crippen LogP) is 2.75. The fourth-order valence-corrected chi connectivity index (χ4v) is 3.20. The summed E-state index contributed by atoms with van der Waals surface area (Å²) in [5.74, 6) is 0.963. The minimum absolute atomic E-state index is 0.0231. The predicted molar refractivity (Wildman–Crippen MR) is 94.6 cm³/mol. The molecule has 1 aliphatic heterocycles. The van der Waals surface area contributed by atoms with Crippen LogP contribution in [-0.4, -0.2) is 41.8 Å². The van der Waals surface area contributed by atoms with E-state index in [2.05, 4.69) is 4.98 Å². The van der Waals surface area contributed by atoms with Crippen LogP contribution in [0.15, 0.2) is 48.8 Å². The van der Waals surface area contributed by atoms with Gasteiger partial charge in [-0.3, -0.25) is 14.6 Å². The van der Waals surface area contributed by atoms with E-state index in [9.17, 15) is 9.59 Å². The summed E-state index contributed by atoms with van der Waals surface area (Å²) >= 11 is 0. The Kier molecular flexibility index (Phi) is 5.43. The van der Waals surface area contributed by atoms with Gasteiger partial charge in [0, 0.05) is 37.0 Å². The lowest BCUT2D eigenvalue weighted by atomic mass is 9.89. The number of nitrogens with zero attached hydrogens (tertiary/aromatic N) is 2. The molecule has 5 heteroatoms. The van der Waals surface area contributed by atoms with Crippen LogP contribution in [0.4, 0.5) is 0 Å². The number of rotatable bonds is 5. The van der Waals surface area contributed by atoms with Gasteiger partial charge in [-0.25, -0.2) is 0 Å². The molecule has 0 aliphatic carbocycles. The molecule has 0 spiro atoms. The van der Waals surface area contributed by atoms with Crippen molar-refractivity contribution in [3.8, 4) is 5.75 Å². The van der Waals surface area contributed by atoms with Crippen molar-refractivity contribution in [2.24, 2.45) is 5.92 Å². The van der Waals surface area contributed by atoms with Crippen LogP contribution in [0.2, 0.25) is 0 Å². The average Bonchev–Trinajstić information content (AvgIpc) is 2.68. The number of aromatic nitrogens is 1. The zero-order valence-electron chi connectivity index (χ0n) is 14.4. The van der Waals surface area contributed by atoms with Gasteiger partial charge < -0.3 is 9.64 Å². The van der Waals surface area contributed by atoms with Gasteiger partial charge in [0.2, 0.25) is 5.91 Å². The molecular weight excluding hydrogens is 316 g/mol. The minimum atomic E-state index is -0.0231. The third kappa shape index (κ3) is 4.24. The first-order valence-corrected chi connectivity index (χ1v) is 8.52. The van der Waals surface area contributed by atoms with Crippen molar-refractivity contribution in [3.63, 3.8) is 0 Å². The number of hydrogen-bond donors (Lipinski definition) is 0. The van der Waals surface area contributed by atoms with Crippen LogP contribution in [0.3, 0.4) is 0 Å². The van der Waals surface area contributed by atoms with Crippen LogP contribution >= 0.6 is 0 Å². The van der Waals surface area contributed by atoms with E-state index in [1.54, 1.807) is 31.6 Å². The van der Waals surface area contributed by atoms with Crippen molar-refractivity contribution in [1.29, 1.82) is 0 Å². The maximum absolute atomic E-state index is 12.5. The molecule has 5 nitrogen and oxygen atoms in total. The van der Waals surface area contributed by atoms with Crippen molar-refractivity contribution >= 4 is 11.7 Å². The molecule has 0 radical (unpaired) electrons. The number of ether oxygens (including phenoxy) is 1. The molecule has 0 N–H and O–H groups in total. The van der Waals surface area contributed by atoms with Crippen molar-refractivity contribution in [1.82, 2.24) is 9.88 Å². The topological polar surface area (TPSA) is 59.5 Å². The van der Waals surface area contributed by atoms with Crippen molar-refractivity contribution in [2.75, 3.05) is 20.2 Å². The van der Waals surface area contributed by atoms with Gasteiger partial charge in [-0.2, -0.15) is 0 Å². The first-order valence-electron chi connectivity index (χ1n) is 8.52. The third-order valence-electron chi connectivity index (χ3n) is 4.65. The third-order valence-corrected chi connectivity index (χ3v) is 4.65. The van der Waals surface area contributed by atoms with E-state index in [-0.39, 0.29) is 17.6 Å². The number of likely N-dealkylation sites (tertiary alicyclic amines) is 1. The summed E-state index contributed by atoms with van der Waals surface area (Å²) in [7, 11) is 1.62. The second-order valence-corrected chi connectivity index (χ2v) is 6.29. The molecule has 3 rings (SSSR count). The SMILES string of the molecule is COc1cccc(CC(=O)N2CCC(C(=O)c3cccnc3)CC2)c1. The van der Waals surface area contributed by atoms with Gasteiger partial charge in [-0.05, 0) is 42.7 Å². The molecule has 1 fully saturated rings. The second kappa shape index (κ2) is 7.92. The van der Waals surface area contributed by atoms with E-state index < -0.39 is 0 Å². The fourth-order valence-electron chi connectivity index (χ4n) is 3.20. The van der Waals surface area contributed by atoms with Gasteiger partial charge >= 0.3 is 0 Å². The number of Topliss-reactive ketones (excluding diaryl/α,β-unsaturated/α-hetero) is 1. The number of piperidine rings is 1. The molecule has 1 amide bonds. The first-order chi connectivity index (χ1) is 12.2. The number of pyridine rings is 1. The summed E-state index contributed by atoms with van der Waals surface area (Å²) in [5.41, 5.74) is 1.60. The van der Waals surface area contributed by atoms with Gasteiger partial charge in [0.15, 0.2) is 5.78 Å². The molecule has 1 aromatic carbocycles. The Morgan fingerprint density at radius 2 is 2.00 bits per heavy atom. The highest BCUT2D eigenvalue weighted by molar-refractivity contribution is 5.97. The van der Waals surface area contributed by atoms with Crippen LogP contribution in [0.25, 0.3) is 0 Å². The summed E-state index contributed by atoms with van der Waals surface area (Å²) in [6.45, 7) is 1.25. The molecule has 25 heavy (non-hydrogen) atoms. The van der Waals surface area contributed by atoms with E-state index >= 15 is 0 Å². The lowest BCUT2D eigenvalue weighted by molar-refractivity contribution is -0.131. The number of ketones is 1. The zero-order chi connectivity index (χ0) is 17.6. The second-order valence-electron chi connectivity index (χ2n) is 6.29. The molecule has 130 valence electrons. The number of amides is 1. The monoisotopic (exact) mass is 338 g/mol. The molecule has 0 saturated carbocycles. The summed E-state index contributed by atoms with van der Waals surface area (Å²) in [4.78, 5) is 30.8. The maximum atomic E-state index is 12.5. The highest BCUT2D eigenvalue weighted by Crippen LogP contribution is 2.22. The maximum Gasteiger partial charge on any atom is 0.226 e. The average molecular weight is 338 g/mol.